The molecule has 3 heterocycles. The summed E-state index contributed by atoms with van der Waals surface area (Å²) in [6.07, 6.45) is -4.25. The lowest BCUT2D eigenvalue weighted by Gasteiger charge is -2.23. The van der Waals surface area contributed by atoms with Crippen molar-refractivity contribution in [2.45, 2.75) is 45.3 Å². The zero-order chi connectivity index (χ0) is 22.0. The van der Waals surface area contributed by atoms with E-state index in [2.05, 4.69) is 20.4 Å². The summed E-state index contributed by atoms with van der Waals surface area (Å²) in [5, 5.41) is 0. The standard InChI is InChI=1S/C16H19FN6O7/c1-6(24)27-4-9-11(28-7(2)25)12(29-8(3)26)15(30-9)23-5-19-10-13(22-18)20-16(17)21-14(10)23/h5,9,11-12,15H,4,18H2,1-3H3,(H,20,21,22). The highest BCUT2D eigenvalue weighted by Gasteiger charge is 2.51. The van der Waals surface area contributed by atoms with Gasteiger partial charge in [-0.25, -0.2) is 10.8 Å². The fourth-order valence-electron chi connectivity index (χ4n) is 3.09. The Morgan fingerprint density at radius 1 is 1.17 bits per heavy atom. The van der Waals surface area contributed by atoms with Gasteiger partial charge in [0.2, 0.25) is 0 Å². The first-order valence-corrected chi connectivity index (χ1v) is 8.71. The maximum atomic E-state index is 13.9. The van der Waals surface area contributed by atoms with Crippen LogP contribution in [0.1, 0.15) is 27.0 Å². The summed E-state index contributed by atoms with van der Waals surface area (Å²) in [6, 6.07) is 0. The molecule has 14 heteroatoms. The number of hydrazine groups is 1. The number of nitrogen functional groups attached to an aromatic ring is 1. The second-order valence-electron chi connectivity index (χ2n) is 6.33. The van der Waals surface area contributed by atoms with Gasteiger partial charge in [-0.3, -0.25) is 19.0 Å². The molecule has 2 aromatic rings. The minimum atomic E-state index is -1.17. The van der Waals surface area contributed by atoms with E-state index in [0.717, 1.165) is 13.8 Å². The third-order valence-corrected chi connectivity index (χ3v) is 4.15. The van der Waals surface area contributed by atoms with E-state index in [4.69, 9.17) is 24.8 Å². The van der Waals surface area contributed by atoms with Crippen molar-refractivity contribution in [3.05, 3.63) is 12.4 Å². The topological polar surface area (TPSA) is 170 Å². The van der Waals surface area contributed by atoms with Crippen molar-refractivity contribution < 1.29 is 37.7 Å². The van der Waals surface area contributed by atoms with Crippen LogP contribution >= 0.6 is 0 Å². The molecule has 13 nitrogen and oxygen atoms in total. The maximum Gasteiger partial charge on any atom is 0.312 e. The molecule has 0 radical (unpaired) electrons. The molecule has 3 N–H and O–H groups in total. The Hall–Kier alpha value is -3.39. The van der Waals surface area contributed by atoms with Gasteiger partial charge in [-0.2, -0.15) is 14.4 Å². The average molecular weight is 426 g/mol. The molecule has 0 spiro atoms. The minimum absolute atomic E-state index is 0.0210. The van der Waals surface area contributed by atoms with Crippen LogP contribution in [-0.4, -0.2) is 62.3 Å². The lowest BCUT2D eigenvalue weighted by atomic mass is 10.1. The number of ether oxygens (including phenoxy) is 4. The van der Waals surface area contributed by atoms with Gasteiger partial charge in [0.25, 0.3) is 0 Å². The largest absolute Gasteiger partial charge is 0.463 e. The van der Waals surface area contributed by atoms with Crippen LogP contribution in [0.4, 0.5) is 10.2 Å². The summed E-state index contributed by atoms with van der Waals surface area (Å²) in [7, 11) is 0. The third-order valence-electron chi connectivity index (χ3n) is 4.15. The SMILES string of the molecule is CC(=O)OCC1OC(n2cnc3c(NN)nc(F)nc32)C(OC(C)=O)C1OC(C)=O. The Balaban J connectivity index is 2.05. The van der Waals surface area contributed by atoms with Crippen LogP contribution in [0.2, 0.25) is 0 Å². The van der Waals surface area contributed by atoms with Gasteiger partial charge < -0.3 is 24.4 Å². The first kappa shape index (κ1) is 21.3. The molecular weight excluding hydrogens is 407 g/mol. The van der Waals surface area contributed by atoms with Gasteiger partial charge in [-0.05, 0) is 0 Å². The summed E-state index contributed by atoms with van der Waals surface area (Å²) in [5.41, 5.74) is 2.32. The number of imidazole rings is 1. The lowest BCUT2D eigenvalue weighted by Crippen LogP contribution is -2.40. The molecule has 1 saturated heterocycles. The molecule has 0 amide bonds. The van der Waals surface area contributed by atoms with Gasteiger partial charge in [0.1, 0.15) is 12.7 Å². The Morgan fingerprint density at radius 3 is 2.43 bits per heavy atom. The number of esters is 3. The average Bonchev–Trinajstić information content (AvgIpc) is 3.20. The second-order valence-corrected chi connectivity index (χ2v) is 6.33. The van der Waals surface area contributed by atoms with Gasteiger partial charge in [0.05, 0.1) is 6.33 Å². The monoisotopic (exact) mass is 426 g/mol. The summed E-state index contributed by atoms with van der Waals surface area (Å²) >= 11 is 0. The summed E-state index contributed by atoms with van der Waals surface area (Å²) in [4.78, 5) is 45.8. The van der Waals surface area contributed by atoms with E-state index in [0.29, 0.717) is 0 Å². The molecule has 4 unspecified atom stereocenters. The molecular formula is C16H19FN6O7. The Morgan fingerprint density at radius 2 is 1.83 bits per heavy atom. The quantitative estimate of drug-likeness (QED) is 0.201. The Kier molecular flexibility index (Phi) is 6.07. The number of anilines is 1. The van der Waals surface area contributed by atoms with Crippen molar-refractivity contribution in [3.8, 4) is 0 Å². The molecule has 1 aliphatic rings. The molecule has 0 saturated carbocycles. The predicted molar refractivity (Wildman–Crippen MR) is 94.7 cm³/mol. The lowest BCUT2D eigenvalue weighted by molar-refractivity contribution is -0.166. The highest BCUT2D eigenvalue weighted by molar-refractivity contribution is 5.82. The van der Waals surface area contributed by atoms with Gasteiger partial charge in [-0.1, -0.05) is 0 Å². The van der Waals surface area contributed by atoms with Crippen LogP contribution in [0.3, 0.4) is 0 Å². The number of halogens is 1. The second kappa shape index (κ2) is 8.54. The number of carbonyl (C=O) groups is 3. The molecule has 3 rings (SSSR count). The number of fused-ring (bicyclic) bond motifs is 1. The number of aromatic nitrogens is 4. The fraction of sp³-hybridized carbons (Fsp3) is 0.500. The van der Waals surface area contributed by atoms with Crippen LogP contribution in [0, 0.1) is 6.08 Å². The van der Waals surface area contributed by atoms with Crippen molar-refractivity contribution in [2.75, 3.05) is 12.0 Å². The summed E-state index contributed by atoms with van der Waals surface area (Å²) < 4.78 is 36.6. The van der Waals surface area contributed by atoms with Gasteiger partial charge in [-0.15, -0.1) is 0 Å². The molecule has 2 aromatic heterocycles. The van der Waals surface area contributed by atoms with E-state index in [9.17, 15) is 18.8 Å². The highest BCUT2D eigenvalue weighted by Crippen LogP contribution is 2.36. The predicted octanol–water partition coefficient (Wildman–Crippen LogP) is -0.425. The van der Waals surface area contributed by atoms with Crippen molar-refractivity contribution in [2.24, 2.45) is 5.84 Å². The van der Waals surface area contributed by atoms with Crippen molar-refractivity contribution in [1.29, 1.82) is 0 Å². The molecule has 0 aromatic carbocycles. The van der Waals surface area contributed by atoms with Crippen molar-refractivity contribution in [1.82, 2.24) is 19.5 Å². The number of hydrogen-bond donors (Lipinski definition) is 2. The number of hydrogen-bond acceptors (Lipinski definition) is 12. The van der Waals surface area contributed by atoms with E-state index in [-0.39, 0.29) is 23.6 Å². The highest BCUT2D eigenvalue weighted by atomic mass is 19.1. The first-order valence-electron chi connectivity index (χ1n) is 8.71. The third kappa shape index (κ3) is 4.28. The summed E-state index contributed by atoms with van der Waals surface area (Å²) in [5.74, 6) is 3.32. The fourth-order valence-corrected chi connectivity index (χ4v) is 3.09. The van der Waals surface area contributed by atoms with E-state index in [1.54, 1.807) is 0 Å². The van der Waals surface area contributed by atoms with Gasteiger partial charge >= 0.3 is 24.0 Å². The maximum absolute atomic E-state index is 13.9. The number of nitrogens with one attached hydrogen (secondary N) is 1. The molecule has 30 heavy (non-hydrogen) atoms. The number of carbonyl (C=O) groups excluding carboxylic acids is 3. The Bertz CT molecular complexity index is 982. The zero-order valence-electron chi connectivity index (χ0n) is 16.2. The number of rotatable bonds is 6. The molecule has 1 aliphatic heterocycles. The van der Waals surface area contributed by atoms with Gasteiger partial charge in [0, 0.05) is 20.8 Å². The number of nitrogens with zero attached hydrogens (tertiary/aromatic N) is 4. The van der Waals surface area contributed by atoms with Crippen molar-refractivity contribution >= 4 is 34.9 Å². The van der Waals surface area contributed by atoms with Crippen LogP contribution in [0.15, 0.2) is 6.33 Å². The van der Waals surface area contributed by atoms with Gasteiger partial charge in [0.15, 0.2) is 35.4 Å². The number of nitrogens with two attached hydrogens (primary N) is 1. The molecule has 0 bridgehead atoms. The van der Waals surface area contributed by atoms with Crippen molar-refractivity contribution in [3.63, 3.8) is 0 Å². The van der Waals surface area contributed by atoms with Crippen LogP contribution in [0.5, 0.6) is 0 Å². The van der Waals surface area contributed by atoms with E-state index in [1.807, 2.05) is 0 Å². The Labute approximate surface area is 168 Å². The normalized spacial score (nSPS) is 23.2. The van der Waals surface area contributed by atoms with Crippen LogP contribution < -0.4 is 11.3 Å². The van der Waals surface area contributed by atoms with E-state index >= 15 is 0 Å². The smallest absolute Gasteiger partial charge is 0.312 e. The van der Waals surface area contributed by atoms with Crippen LogP contribution in [-0.2, 0) is 33.3 Å². The summed E-state index contributed by atoms with van der Waals surface area (Å²) in [6.45, 7) is 3.23. The minimum Gasteiger partial charge on any atom is -0.463 e. The van der Waals surface area contributed by atoms with Crippen LogP contribution in [0.25, 0.3) is 11.2 Å². The van der Waals surface area contributed by atoms with E-state index in [1.165, 1.54) is 17.8 Å². The zero-order valence-corrected chi connectivity index (χ0v) is 16.2. The molecule has 1 fully saturated rings. The molecule has 4 atom stereocenters. The molecule has 0 aliphatic carbocycles. The first-order chi connectivity index (χ1) is 14.2. The molecule has 162 valence electrons. The van der Waals surface area contributed by atoms with E-state index < -0.39 is 48.5 Å².